The molecule has 2 N–H and O–H groups in total. The highest BCUT2D eigenvalue weighted by molar-refractivity contribution is 6.00. The summed E-state index contributed by atoms with van der Waals surface area (Å²) in [5.74, 6) is -0.324. The Kier molecular flexibility index (Phi) is 4.90. The average Bonchev–Trinajstić information content (AvgIpc) is 2.52. The van der Waals surface area contributed by atoms with Gasteiger partial charge in [0.2, 0.25) is 0 Å². The number of anilines is 1. The van der Waals surface area contributed by atoms with Gasteiger partial charge in [0.1, 0.15) is 5.60 Å². The van der Waals surface area contributed by atoms with Gasteiger partial charge in [-0.25, -0.2) is 0 Å². The van der Waals surface area contributed by atoms with E-state index >= 15 is 0 Å². The first-order valence-corrected chi connectivity index (χ1v) is 6.87. The normalized spacial score (nSPS) is 13.8. The van der Waals surface area contributed by atoms with Crippen LogP contribution < -0.4 is 5.32 Å². The molecule has 0 aliphatic heterocycles. The molecule has 0 aliphatic carbocycles. The van der Waals surface area contributed by atoms with Crippen LogP contribution in [0.25, 0.3) is 6.08 Å². The number of carbonyl (C=O) groups is 1. The van der Waals surface area contributed by atoms with Crippen molar-refractivity contribution in [2.75, 3.05) is 11.9 Å². The lowest BCUT2D eigenvalue weighted by Gasteiger charge is -2.21. The summed E-state index contributed by atoms with van der Waals surface area (Å²) in [5, 5.41) is 13.3. The van der Waals surface area contributed by atoms with Gasteiger partial charge in [0.05, 0.1) is 6.54 Å². The minimum absolute atomic E-state index is 0.162. The summed E-state index contributed by atoms with van der Waals surface area (Å²) in [6.45, 7) is 1.68. The number of hydrogen-bond acceptors (Lipinski definition) is 3. The van der Waals surface area contributed by atoms with Crippen molar-refractivity contribution >= 4 is 17.5 Å². The maximum atomic E-state index is 12.1. The van der Waals surface area contributed by atoms with Crippen LogP contribution in [0.1, 0.15) is 12.5 Å². The maximum Gasteiger partial charge on any atom is 0.188 e. The second kappa shape index (κ2) is 6.86. The number of aliphatic hydroxyl groups is 1. The Hall–Kier alpha value is -2.39. The standard InChI is InChI=1S/C18H19NO2/c1-18(21,14-19-16-10-6-3-7-11-16)17(20)13-12-15-8-4-2-5-9-15/h2-13,19,21H,14H2,1H3/b13-12+. The fourth-order valence-corrected chi connectivity index (χ4v) is 1.83. The lowest BCUT2D eigenvalue weighted by molar-refractivity contribution is -0.129. The van der Waals surface area contributed by atoms with Crippen LogP contribution >= 0.6 is 0 Å². The van der Waals surface area contributed by atoms with E-state index in [0.29, 0.717) is 0 Å². The lowest BCUT2D eigenvalue weighted by Crippen LogP contribution is -2.41. The van der Waals surface area contributed by atoms with E-state index in [1.54, 1.807) is 6.08 Å². The van der Waals surface area contributed by atoms with Gasteiger partial charge in [-0.05, 0) is 30.7 Å². The molecule has 0 amide bonds. The lowest BCUT2D eigenvalue weighted by atomic mass is 9.99. The molecule has 21 heavy (non-hydrogen) atoms. The Bertz CT molecular complexity index is 604. The Morgan fingerprint density at radius 1 is 1.10 bits per heavy atom. The molecule has 3 nitrogen and oxygen atoms in total. The van der Waals surface area contributed by atoms with Gasteiger partial charge in [-0.3, -0.25) is 4.79 Å². The number of nitrogens with one attached hydrogen (secondary N) is 1. The minimum Gasteiger partial charge on any atom is -0.382 e. The van der Waals surface area contributed by atoms with Gasteiger partial charge in [-0.2, -0.15) is 0 Å². The molecule has 0 spiro atoms. The molecule has 2 aromatic rings. The predicted octanol–water partition coefficient (Wildman–Crippen LogP) is 3.13. The minimum atomic E-state index is -1.44. The highest BCUT2D eigenvalue weighted by atomic mass is 16.3. The van der Waals surface area contributed by atoms with Crippen LogP contribution in [0, 0.1) is 0 Å². The third-order valence-electron chi connectivity index (χ3n) is 3.17. The van der Waals surface area contributed by atoms with Gasteiger partial charge in [-0.1, -0.05) is 54.6 Å². The summed E-state index contributed by atoms with van der Waals surface area (Å²) in [6, 6.07) is 19.0. The first-order chi connectivity index (χ1) is 10.1. The molecule has 3 heteroatoms. The van der Waals surface area contributed by atoms with Crippen LogP contribution in [0.2, 0.25) is 0 Å². The monoisotopic (exact) mass is 281 g/mol. The average molecular weight is 281 g/mol. The van der Waals surface area contributed by atoms with Crippen molar-refractivity contribution in [1.29, 1.82) is 0 Å². The topological polar surface area (TPSA) is 49.3 Å². The van der Waals surface area contributed by atoms with Gasteiger partial charge in [0.15, 0.2) is 5.78 Å². The first-order valence-electron chi connectivity index (χ1n) is 6.87. The molecule has 0 heterocycles. The third kappa shape index (κ3) is 4.58. The van der Waals surface area contributed by atoms with Crippen molar-refractivity contribution in [3.8, 4) is 0 Å². The molecule has 0 saturated carbocycles. The van der Waals surface area contributed by atoms with Crippen molar-refractivity contribution in [2.45, 2.75) is 12.5 Å². The van der Waals surface area contributed by atoms with E-state index in [9.17, 15) is 9.90 Å². The summed E-state index contributed by atoms with van der Waals surface area (Å²) in [4.78, 5) is 12.1. The second-order valence-electron chi connectivity index (χ2n) is 5.10. The predicted molar refractivity (Wildman–Crippen MR) is 86.0 cm³/mol. The van der Waals surface area contributed by atoms with Gasteiger partial charge >= 0.3 is 0 Å². The molecule has 0 radical (unpaired) electrons. The molecule has 2 rings (SSSR count). The van der Waals surface area contributed by atoms with Crippen molar-refractivity contribution in [3.05, 3.63) is 72.3 Å². The summed E-state index contributed by atoms with van der Waals surface area (Å²) in [7, 11) is 0. The molecule has 0 bridgehead atoms. The van der Waals surface area contributed by atoms with Crippen LogP contribution in [0.3, 0.4) is 0 Å². The van der Waals surface area contributed by atoms with Crippen LogP contribution in [-0.2, 0) is 4.79 Å². The van der Waals surface area contributed by atoms with E-state index in [1.165, 1.54) is 13.0 Å². The summed E-state index contributed by atoms with van der Waals surface area (Å²) >= 11 is 0. The SMILES string of the molecule is CC(O)(CNc1ccccc1)C(=O)/C=C/c1ccccc1. The number of ketones is 1. The van der Waals surface area contributed by atoms with E-state index in [0.717, 1.165) is 11.3 Å². The zero-order valence-electron chi connectivity index (χ0n) is 12.0. The summed E-state index contributed by atoms with van der Waals surface area (Å²) in [5.41, 5.74) is 0.358. The first kappa shape index (κ1) is 15.0. The molecular formula is C18H19NO2. The van der Waals surface area contributed by atoms with Crippen LogP contribution in [0.5, 0.6) is 0 Å². The summed E-state index contributed by atoms with van der Waals surface area (Å²) in [6.07, 6.45) is 3.13. The smallest absolute Gasteiger partial charge is 0.188 e. The molecule has 0 aromatic heterocycles. The van der Waals surface area contributed by atoms with Crippen molar-refractivity contribution in [1.82, 2.24) is 0 Å². The number of carbonyl (C=O) groups excluding carboxylic acids is 1. The zero-order valence-corrected chi connectivity index (χ0v) is 12.0. The van der Waals surface area contributed by atoms with Crippen molar-refractivity contribution in [2.24, 2.45) is 0 Å². The molecule has 108 valence electrons. The molecule has 0 saturated heterocycles. The van der Waals surface area contributed by atoms with E-state index in [1.807, 2.05) is 60.7 Å². The Morgan fingerprint density at radius 2 is 1.67 bits per heavy atom. The Labute approximate surface area is 124 Å². The molecule has 1 unspecified atom stereocenters. The summed E-state index contributed by atoms with van der Waals surface area (Å²) < 4.78 is 0. The van der Waals surface area contributed by atoms with Crippen LogP contribution in [0.15, 0.2) is 66.7 Å². The van der Waals surface area contributed by atoms with Crippen LogP contribution in [0.4, 0.5) is 5.69 Å². The van der Waals surface area contributed by atoms with Crippen molar-refractivity contribution in [3.63, 3.8) is 0 Å². The molecule has 2 aromatic carbocycles. The third-order valence-corrected chi connectivity index (χ3v) is 3.17. The fourth-order valence-electron chi connectivity index (χ4n) is 1.83. The van der Waals surface area contributed by atoms with Gasteiger partial charge in [0, 0.05) is 5.69 Å². The van der Waals surface area contributed by atoms with Gasteiger partial charge in [-0.15, -0.1) is 0 Å². The number of hydrogen-bond donors (Lipinski definition) is 2. The largest absolute Gasteiger partial charge is 0.382 e. The second-order valence-corrected chi connectivity index (χ2v) is 5.10. The molecule has 1 atom stereocenters. The van der Waals surface area contributed by atoms with Crippen molar-refractivity contribution < 1.29 is 9.90 Å². The van der Waals surface area contributed by atoms with Gasteiger partial charge in [0.25, 0.3) is 0 Å². The zero-order chi connectivity index (χ0) is 15.1. The van der Waals surface area contributed by atoms with E-state index in [-0.39, 0.29) is 12.3 Å². The quantitative estimate of drug-likeness (QED) is 0.800. The highest BCUT2D eigenvalue weighted by Gasteiger charge is 2.27. The van der Waals surface area contributed by atoms with E-state index in [4.69, 9.17) is 0 Å². The van der Waals surface area contributed by atoms with E-state index < -0.39 is 5.60 Å². The fraction of sp³-hybridized carbons (Fsp3) is 0.167. The Balaban J connectivity index is 1.95. The van der Waals surface area contributed by atoms with E-state index in [2.05, 4.69) is 5.32 Å². The number of para-hydroxylation sites is 1. The molecule has 0 aliphatic rings. The molecular weight excluding hydrogens is 262 g/mol. The Morgan fingerprint density at radius 3 is 2.29 bits per heavy atom. The molecule has 0 fully saturated rings. The van der Waals surface area contributed by atoms with Crippen LogP contribution in [-0.4, -0.2) is 23.0 Å². The number of benzene rings is 2. The highest BCUT2D eigenvalue weighted by Crippen LogP contribution is 2.12. The number of rotatable bonds is 6. The maximum absolute atomic E-state index is 12.1. The van der Waals surface area contributed by atoms with Gasteiger partial charge < -0.3 is 10.4 Å².